The number of carbonyl (C=O) groups is 1. The smallest absolute Gasteiger partial charge is 0.271 e. The molecule has 1 saturated heterocycles. The van der Waals surface area contributed by atoms with Gasteiger partial charge in [-0.25, -0.2) is 4.98 Å². The third-order valence-corrected chi connectivity index (χ3v) is 5.86. The first-order valence-electron chi connectivity index (χ1n) is 9.38. The topological polar surface area (TPSA) is 67.6 Å². The minimum absolute atomic E-state index is 0.109. The zero-order chi connectivity index (χ0) is 19.3. The number of carbonyl (C=O) groups excluding carboxylic acids is 1. The molecule has 1 N–H and O–H groups in total. The van der Waals surface area contributed by atoms with Crippen molar-refractivity contribution in [3.8, 4) is 10.8 Å². The lowest BCUT2D eigenvalue weighted by Gasteiger charge is -2.34. The molecule has 2 aromatic heterocycles. The molecule has 0 spiro atoms. The molecule has 1 amide bonds. The monoisotopic (exact) mass is 397 g/mol. The van der Waals surface area contributed by atoms with E-state index in [1.54, 1.807) is 6.26 Å². The molecule has 0 saturated carbocycles. The van der Waals surface area contributed by atoms with Crippen LogP contribution < -0.4 is 5.32 Å². The van der Waals surface area contributed by atoms with Crippen molar-refractivity contribution < 1.29 is 13.9 Å². The van der Waals surface area contributed by atoms with Gasteiger partial charge in [0, 0.05) is 24.5 Å². The van der Waals surface area contributed by atoms with Gasteiger partial charge in [0.2, 0.25) is 0 Å². The molecule has 3 aromatic rings. The zero-order valence-electron chi connectivity index (χ0n) is 15.8. The molecular weight excluding hydrogens is 374 g/mol. The highest BCUT2D eigenvalue weighted by molar-refractivity contribution is 7.15. The van der Waals surface area contributed by atoms with E-state index in [0.29, 0.717) is 18.0 Å². The number of ether oxygens (including phenoxy) is 1. The number of thiazole rings is 1. The molecule has 1 aliphatic rings. The lowest BCUT2D eigenvalue weighted by Crippen LogP contribution is -2.43. The first-order valence-corrected chi connectivity index (χ1v) is 10.2. The summed E-state index contributed by atoms with van der Waals surface area (Å²) >= 11 is 1.47. The maximum absolute atomic E-state index is 12.8. The van der Waals surface area contributed by atoms with Gasteiger partial charge < -0.3 is 14.5 Å². The van der Waals surface area contributed by atoms with Crippen LogP contribution >= 0.6 is 11.3 Å². The number of furan rings is 1. The summed E-state index contributed by atoms with van der Waals surface area (Å²) in [6.07, 6.45) is 1.61. The van der Waals surface area contributed by atoms with E-state index in [9.17, 15) is 4.79 Å². The van der Waals surface area contributed by atoms with Crippen molar-refractivity contribution in [3.05, 3.63) is 64.9 Å². The molecule has 146 valence electrons. The molecule has 1 atom stereocenters. The second-order valence-electron chi connectivity index (χ2n) is 6.69. The van der Waals surface area contributed by atoms with Crippen LogP contribution in [0.15, 0.2) is 53.1 Å². The summed E-state index contributed by atoms with van der Waals surface area (Å²) in [6, 6.07) is 14.1. The minimum atomic E-state index is -0.152. The maximum atomic E-state index is 12.8. The molecule has 0 aliphatic carbocycles. The third kappa shape index (κ3) is 4.16. The van der Waals surface area contributed by atoms with Crippen molar-refractivity contribution in [3.63, 3.8) is 0 Å². The van der Waals surface area contributed by atoms with Gasteiger partial charge in [0.15, 0.2) is 10.8 Å². The minimum Gasteiger partial charge on any atom is -0.462 e. The molecule has 0 radical (unpaired) electrons. The SMILES string of the molecule is Cc1sc(-c2ccco2)nc1C(=O)NCC(c1ccccc1)N1CCOCC1. The van der Waals surface area contributed by atoms with Crippen LogP contribution in [0.2, 0.25) is 0 Å². The van der Waals surface area contributed by atoms with Crippen LogP contribution in [0.25, 0.3) is 10.8 Å². The molecule has 1 unspecified atom stereocenters. The molecule has 0 bridgehead atoms. The van der Waals surface area contributed by atoms with Crippen LogP contribution in [0, 0.1) is 6.92 Å². The van der Waals surface area contributed by atoms with E-state index in [0.717, 1.165) is 36.2 Å². The van der Waals surface area contributed by atoms with Crippen LogP contribution in [0.5, 0.6) is 0 Å². The van der Waals surface area contributed by atoms with E-state index in [-0.39, 0.29) is 11.9 Å². The Hall–Kier alpha value is -2.48. The van der Waals surface area contributed by atoms with E-state index in [1.807, 2.05) is 37.3 Å². The molecule has 3 heterocycles. The number of benzene rings is 1. The van der Waals surface area contributed by atoms with E-state index in [1.165, 1.54) is 16.9 Å². The van der Waals surface area contributed by atoms with Gasteiger partial charge in [0.1, 0.15) is 5.69 Å². The predicted octanol–water partition coefficient (Wildman–Crippen LogP) is 3.51. The van der Waals surface area contributed by atoms with Crippen molar-refractivity contribution in [2.45, 2.75) is 13.0 Å². The van der Waals surface area contributed by atoms with E-state index < -0.39 is 0 Å². The largest absolute Gasteiger partial charge is 0.462 e. The fourth-order valence-electron chi connectivity index (χ4n) is 3.41. The molecule has 7 heteroatoms. The molecule has 1 aromatic carbocycles. The summed E-state index contributed by atoms with van der Waals surface area (Å²) in [4.78, 5) is 20.6. The number of hydrogen-bond donors (Lipinski definition) is 1. The van der Waals surface area contributed by atoms with Crippen molar-refractivity contribution in [2.75, 3.05) is 32.8 Å². The molecule has 4 rings (SSSR count). The number of morpholine rings is 1. The van der Waals surface area contributed by atoms with Crippen molar-refractivity contribution in [1.29, 1.82) is 0 Å². The first kappa shape index (κ1) is 18.9. The van der Waals surface area contributed by atoms with Crippen LogP contribution in [0.3, 0.4) is 0 Å². The van der Waals surface area contributed by atoms with E-state index in [2.05, 4.69) is 27.3 Å². The van der Waals surface area contributed by atoms with Gasteiger partial charge in [-0.05, 0) is 24.6 Å². The van der Waals surface area contributed by atoms with Gasteiger partial charge in [0.25, 0.3) is 5.91 Å². The van der Waals surface area contributed by atoms with Crippen LogP contribution in [-0.2, 0) is 4.74 Å². The summed E-state index contributed by atoms with van der Waals surface area (Å²) in [5.74, 6) is 0.531. The number of nitrogens with one attached hydrogen (secondary N) is 1. The second-order valence-corrected chi connectivity index (χ2v) is 7.89. The van der Waals surface area contributed by atoms with Crippen LogP contribution in [0.4, 0.5) is 0 Å². The predicted molar refractivity (Wildman–Crippen MR) is 108 cm³/mol. The molecular formula is C21H23N3O3S. The number of nitrogens with zero attached hydrogens (tertiary/aromatic N) is 2. The molecule has 1 aliphatic heterocycles. The Kier molecular flexibility index (Phi) is 5.85. The first-order chi connectivity index (χ1) is 13.7. The normalized spacial score (nSPS) is 16.0. The van der Waals surface area contributed by atoms with E-state index in [4.69, 9.17) is 9.15 Å². The number of aromatic nitrogens is 1. The fourth-order valence-corrected chi connectivity index (χ4v) is 4.29. The van der Waals surface area contributed by atoms with Gasteiger partial charge in [-0.15, -0.1) is 11.3 Å². The Morgan fingerprint density at radius 1 is 1.21 bits per heavy atom. The summed E-state index contributed by atoms with van der Waals surface area (Å²) in [5.41, 5.74) is 1.65. The zero-order valence-corrected chi connectivity index (χ0v) is 16.6. The van der Waals surface area contributed by atoms with Crippen LogP contribution in [-0.4, -0.2) is 48.6 Å². The highest BCUT2D eigenvalue weighted by atomic mass is 32.1. The Balaban J connectivity index is 1.48. The number of rotatable bonds is 6. The fraction of sp³-hybridized carbons (Fsp3) is 0.333. The second kappa shape index (κ2) is 8.68. The highest BCUT2D eigenvalue weighted by Crippen LogP contribution is 2.28. The maximum Gasteiger partial charge on any atom is 0.271 e. The van der Waals surface area contributed by atoms with E-state index >= 15 is 0 Å². The standard InChI is InChI=1S/C21H23N3O3S/c1-15-19(23-21(28-15)18-8-5-11-27-18)20(25)22-14-17(16-6-3-2-4-7-16)24-9-12-26-13-10-24/h2-8,11,17H,9-10,12-14H2,1H3,(H,22,25). The average molecular weight is 398 g/mol. The van der Waals surface area contributed by atoms with Gasteiger partial charge in [-0.3, -0.25) is 9.69 Å². The summed E-state index contributed by atoms with van der Waals surface area (Å²) in [7, 11) is 0. The Morgan fingerprint density at radius 2 is 2.00 bits per heavy atom. The van der Waals surface area contributed by atoms with Gasteiger partial charge in [-0.1, -0.05) is 30.3 Å². The number of hydrogen-bond acceptors (Lipinski definition) is 6. The lowest BCUT2D eigenvalue weighted by molar-refractivity contribution is 0.0162. The van der Waals surface area contributed by atoms with Crippen LogP contribution in [0.1, 0.15) is 27.0 Å². The Labute approximate surface area is 168 Å². The molecule has 6 nitrogen and oxygen atoms in total. The summed E-state index contributed by atoms with van der Waals surface area (Å²) < 4.78 is 10.9. The Bertz CT molecular complexity index is 902. The third-order valence-electron chi connectivity index (χ3n) is 4.87. The van der Waals surface area contributed by atoms with Crippen molar-refractivity contribution >= 4 is 17.2 Å². The summed E-state index contributed by atoms with van der Waals surface area (Å²) in [5, 5.41) is 3.81. The van der Waals surface area contributed by atoms with Gasteiger partial charge in [-0.2, -0.15) is 0 Å². The van der Waals surface area contributed by atoms with Crippen molar-refractivity contribution in [2.24, 2.45) is 0 Å². The quantitative estimate of drug-likeness (QED) is 0.689. The van der Waals surface area contributed by atoms with Crippen molar-refractivity contribution in [1.82, 2.24) is 15.2 Å². The average Bonchev–Trinajstić information content (AvgIpc) is 3.39. The number of amides is 1. The highest BCUT2D eigenvalue weighted by Gasteiger charge is 2.24. The Morgan fingerprint density at radius 3 is 2.71 bits per heavy atom. The van der Waals surface area contributed by atoms with Gasteiger partial charge >= 0.3 is 0 Å². The molecule has 28 heavy (non-hydrogen) atoms. The molecule has 1 fully saturated rings. The number of aryl methyl sites for hydroxylation is 1. The summed E-state index contributed by atoms with van der Waals surface area (Å²) in [6.45, 7) is 5.58. The lowest BCUT2D eigenvalue weighted by atomic mass is 10.0. The van der Waals surface area contributed by atoms with Gasteiger partial charge in [0.05, 0.1) is 25.5 Å².